The quantitative estimate of drug-likeness (QED) is 0.589. The van der Waals surface area contributed by atoms with Crippen molar-refractivity contribution in [3.8, 4) is 0 Å². The van der Waals surface area contributed by atoms with Gasteiger partial charge in [-0.05, 0) is 61.6 Å². The molecule has 0 radical (unpaired) electrons. The van der Waals surface area contributed by atoms with E-state index in [1.807, 2.05) is 44.4 Å². The molecule has 8 nitrogen and oxygen atoms in total. The van der Waals surface area contributed by atoms with Crippen LogP contribution in [0.15, 0.2) is 57.7 Å². The second-order valence-corrected chi connectivity index (χ2v) is 8.21. The average molecular weight is 423 g/mol. The van der Waals surface area contributed by atoms with Crippen molar-refractivity contribution in [3.63, 3.8) is 0 Å². The molecular formula is C21H21N5O3S. The van der Waals surface area contributed by atoms with Crippen molar-refractivity contribution in [2.45, 2.75) is 30.8 Å². The number of hydrogen-bond donors (Lipinski definition) is 1. The number of anilines is 2. The summed E-state index contributed by atoms with van der Waals surface area (Å²) in [5, 5.41) is 12.0. The lowest BCUT2D eigenvalue weighted by Crippen LogP contribution is -2.43. The molecule has 0 aliphatic carbocycles. The van der Waals surface area contributed by atoms with Gasteiger partial charge in [-0.3, -0.25) is 19.4 Å². The largest absolute Gasteiger partial charge is 0.324 e. The van der Waals surface area contributed by atoms with Gasteiger partial charge in [-0.1, -0.05) is 17.4 Å². The first-order valence-electron chi connectivity index (χ1n) is 9.45. The number of amides is 3. The molecule has 154 valence electrons. The van der Waals surface area contributed by atoms with Crippen LogP contribution < -0.4 is 10.2 Å². The fourth-order valence-electron chi connectivity index (χ4n) is 3.74. The molecule has 9 heteroatoms. The zero-order valence-electron chi connectivity index (χ0n) is 16.8. The van der Waals surface area contributed by atoms with Gasteiger partial charge in [-0.2, -0.15) is 5.11 Å². The highest BCUT2D eigenvalue weighted by Gasteiger charge is 2.55. The predicted molar refractivity (Wildman–Crippen MR) is 114 cm³/mol. The topological polar surface area (TPSA) is 94.4 Å². The minimum atomic E-state index is -0.925. The Bertz CT molecular complexity index is 1050. The molecule has 2 aliphatic heterocycles. The molecule has 2 heterocycles. The first-order chi connectivity index (χ1) is 14.4. The van der Waals surface area contributed by atoms with Crippen molar-refractivity contribution in [3.05, 3.63) is 53.6 Å². The number of nitrogens with one attached hydrogen (secondary N) is 1. The van der Waals surface area contributed by atoms with E-state index in [0.29, 0.717) is 11.4 Å². The van der Waals surface area contributed by atoms with Crippen LogP contribution in [-0.2, 0) is 14.4 Å². The first kappa shape index (κ1) is 20.1. The molecule has 2 atom stereocenters. The molecule has 30 heavy (non-hydrogen) atoms. The lowest BCUT2D eigenvalue weighted by molar-refractivity contribution is -0.123. The Morgan fingerprint density at radius 2 is 1.83 bits per heavy atom. The molecule has 2 aromatic carbocycles. The fourth-order valence-corrected chi connectivity index (χ4v) is 4.20. The second-order valence-electron chi connectivity index (χ2n) is 7.33. The van der Waals surface area contributed by atoms with E-state index in [0.717, 1.165) is 20.9 Å². The second kappa shape index (κ2) is 7.91. The van der Waals surface area contributed by atoms with E-state index in [1.165, 1.54) is 5.01 Å². The molecule has 2 aromatic rings. The summed E-state index contributed by atoms with van der Waals surface area (Å²) in [5.74, 6) is -1.18. The third kappa shape index (κ3) is 3.68. The third-order valence-corrected chi connectivity index (χ3v) is 5.71. The molecule has 2 aliphatic rings. The molecule has 0 bridgehead atoms. The van der Waals surface area contributed by atoms with Crippen LogP contribution in [0.5, 0.6) is 0 Å². The van der Waals surface area contributed by atoms with E-state index in [4.69, 9.17) is 0 Å². The van der Waals surface area contributed by atoms with Gasteiger partial charge in [-0.15, -0.1) is 11.8 Å². The normalized spacial score (nSPS) is 20.1. The molecular weight excluding hydrogens is 402 g/mol. The van der Waals surface area contributed by atoms with Crippen LogP contribution in [0.25, 0.3) is 0 Å². The Morgan fingerprint density at radius 3 is 2.53 bits per heavy atom. The van der Waals surface area contributed by atoms with Crippen molar-refractivity contribution >= 4 is 40.9 Å². The number of nitrogens with zero attached hydrogens (tertiary/aromatic N) is 4. The van der Waals surface area contributed by atoms with E-state index in [1.54, 1.807) is 30.0 Å². The number of aryl methyl sites for hydroxylation is 2. The summed E-state index contributed by atoms with van der Waals surface area (Å²) in [6.45, 7) is 3.64. The summed E-state index contributed by atoms with van der Waals surface area (Å²) in [4.78, 5) is 40.6. The molecule has 4 rings (SSSR count). The van der Waals surface area contributed by atoms with Gasteiger partial charge in [0.2, 0.25) is 5.91 Å². The van der Waals surface area contributed by atoms with Crippen LogP contribution in [0.3, 0.4) is 0 Å². The van der Waals surface area contributed by atoms with E-state index < -0.39 is 23.9 Å². The zero-order valence-corrected chi connectivity index (χ0v) is 17.6. The van der Waals surface area contributed by atoms with Gasteiger partial charge >= 0.3 is 0 Å². The number of thioether (sulfide) groups is 1. The summed E-state index contributed by atoms with van der Waals surface area (Å²) in [6, 6.07) is 11.2. The number of carbonyl (C=O) groups is 3. The first-order valence-corrected chi connectivity index (χ1v) is 10.7. The maximum absolute atomic E-state index is 13.1. The van der Waals surface area contributed by atoms with Crippen LogP contribution >= 0.6 is 11.8 Å². The Balaban J connectivity index is 1.50. The molecule has 0 spiro atoms. The van der Waals surface area contributed by atoms with Crippen molar-refractivity contribution in [1.82, 2.24) is 5.01 Å². The Hall–Kier alpha value is -3.20. The highest BCUT2D eigenvalue weighted by Crippen LogP contribution is 2.32. The van der Waals surface area contributed by atoms with Gasteiger partial charge < -0.3 is 5.32 Å². The number of fused-ring (bicyclic) bond motifs is 1. The minimum absolute atomic E-state index is 0.173. The summed E-state index contributed by atoms with van der Waals surface area (Å²) in [6.07, 6.45) is 1.95. The van der Waals surface area contributed by atoms with E-state index >= 15 is 0 Å². The summed E-state index contributed by atoms with van der Waals surface area (Å²) in [5.41, 5.74) is 3.08. The van der Waals surface area contributed by atoms with Gasteiger partial charge in [0.05, 0.1) is 5.69 Å². The maximum atomic E-state index is 13.1. The number of benzene rings is 2. The van der Waals surface area contributed by atoms with Crippen LogP contribution in [-0.4, -0.2) is 47.6 Å². The Labute approximate surface area is 178 Å². The van der Waals surface area contributed by atoms with Gasteiger partial charge in [0.25, 0.3) is 11.8 Å². The lowest BCUT2D eigenvalue weighted by Gasteiger charge is -2.20. The molecule has 0 unspecified atom stereocenters. The molecule has 0 saturated carbocycles. The smallest absolute Gasteiger partial charge is 0.263 e. The highest BCUT2D eigenvalue weighted by molar-refractivity contribution is 7.98. The van der Waals surface area contributed by atoms with Crippen LogP contribution in [0, 0.1) is 13.8 Å². The van der Waals surface area contributed by atoms with Gasteiger partial charge in [0.15, 0.2) is 12.1 Å². The number of imide groups is 1. The van der Waals surface area contributed by atoms with Gasteiger partial charge in [0, 0.05) is 10.6 Å². The molecule has 1 N–H and O–H groups in total. The van der Waals surface area contributed by atoms with Crippen molar-refractivity contribution in [1.29, 1.82) is 0 Å². The van der Waals surface area contributed by atoms with Crippen LogP contribution in [0.1, 0.15) is 11.1 Å². The monoisotopic (exact) mass is 423 g/mol. The summed E-state index contributed by atoms with van der Waals surface area (Å²) in [7, 11) is 0. The predicted octanol–water partition coefficient (Wildman–Crippen LogP) is 2.96. The summed E-state index contributed by atoms with van der Waals surface area (Å²) >= 11 is 1.57. The summed E-state index contributed by atoms with van der Waals surface area (Å²) < 4.78 is 0. The Morgan fingerprint density at radius 1 is 1.10 bits per heavy atom. The van der Waals surface area contributed by atoms with Gasteiger partial charge in [0.1, 0.15) is 6.54 Å². The molecule has 1 saturated heterocycles. The zero-order chi connectivity index (χ0) is 21.4. The number of rotatable bonds is 5. The number of carbonyl (C=O) groups excluding carboxylic acids is 3. The van der Waals surface area contributed by atoms with E-state index in [9.17, 15) is 14.4 Å². The van der Waals surface area contributed by atoms with E-state index in [2.05, 4.69) is 15.7 Å². The third-order valence-electron chi connectivity index (χ3n) is 4.98. The maximum Gasteiger partial charge on any atom is 0.263 e. The fraction of sp³-hybridized carbons (Fsp3) is 0.286. The lowest BCUT2D eigenvalue weighted by atomic mass is 10.1. The van der Waals surface area contributed by atoms with Crippen LogP contribution in [0.4, 0.5) is 11.4 Å². The van der Waals surface area contributed by atoms with Crippen LogP contribution in [0.2, 0.25) is 0 Å². The Kier molecular flexibility index (Phi) is 5.29. The average Bonchev–Trinajstić information content (AvgIpc) is 3.21. The van der Waals surface area contributed by atoms with Crippen molar-refractivity contribution in [2.24, 2.45) is 10.3 Å². The van der Waals surface area contributed by atoms with Gasteiger partial charge in [-0.25, -0.2) is 4.90 Å². The standard InChI is InChI=1S/C21H21N5O3S/c1-12-7-13(2)9-15(8-12)26-20(28)18-19(21(26)29)25(24-23-18)11-17(27)22-14-5-4-6-16(10-14)30-3/h4-10,18-19H,11H2,1-3H3,(H,22,27)/t18-,19-/m1/s1. The SMILES string of the molecule is CSc1cccc(NC(=O)CN2N=N[C@H]3C(=O)N(c4cc(C)cc(C)c4)C(=O)[C@@H]32)c1. The van der Waals surface area contributed by atoms with E-state index in [-0.39, 0.29) is 12.5 Å². The van der Waals surface area contributed by atoms with Crippen molar-refractivity contribution < 1.29 is 14.4 Å². The molecule has 1 fully saturated rings. The minimum Gasteiger partial charge on any atom is -0.324 e. The molecule has 0 aromatic heterocycles. The molecule has 3 amide bonds. The van der Waals surface area contributed by atoms with Crippen molar-refractivity contribution in [2.75, 3.05) is 23.0 Å². The number of hydrogen-bond acceptors (Lipinski definition) is 7. The highest BCUT2D eigenvalue weighted by atomic mass is 32.2.